The van der Waals surface area contributed by atoms with Crippen LogP contribution >= 0.6 is 0 Å². The van der Waals surface area contributed by atoms with Gasteiger partial charge in [0.25, 0.3) is 5.91 Å². The summed E-state index contributed by atoms with van der Waals surface area (Å²) in [5.74, 6) is -0.145. The summed E-state index contributed by atoms with van der Waals surface area (Å²) in [7, 11) is 0. The molecule has 1 aromatic carbocycles. The molecular formula is C31H41F3N6O4. The Morgan fingerprint density at radius 3 is 2.43 bits per heavy atom. The molecule has 4 rings (SSSR count). The Balaban J connectivity index is 1.40. The Kier molecular flexibility index (Phi) is 10.4. The number of alkyl carbamates (subject to hydrolysis) is 1. The molecule has 0 spiro atoms. The van der Waals surface area contributed by atoms with Gasteiger partial charge in [-0.1, -0.05) is 52.7 Å². The van der Waals surface area contributed by atoms with Gasteiger partial charge >= 0.3 is 12.3 Å². The number of hydrogen-bond acceptors (Lipinski definition) is 6. The molecule has 0 bridgehead atoms. The number of carbonyl (C=O) groups excluding carboxylic acids is 2. The zero-order valence-corrected chi connectivity index (χ0v) is 25.5. The fraction of sp³-hybridized carbons (Fsp3) is 0.548. The molecular weight excluding hydrogens is 577 g/mol. The number of alkyl halides is 3. The van der Waals surface area contributed by atoms with Crippen LogP contribution in [0.1, 0.15) is 77.8 Å². The second-order valence-electron chi connectivity index (χ2n) is 12.4. The number of aliphatic hydroxyl groups is 1. The van der Waals surface area contributed by atoms with Crippen LogP contribution in [0.5, 0.6) is 0 Å². The van der Waals surface area contributed by atoms with Gasteiger partial charge in [0.15, 0.2) is 6.10 Å². The van der Waals surface area contributed by atoms with Gasteiger partial charge in [-0.25, -0.2) is 14.5 Å². The van der Waals surface area contributed by atoms with Crippen molar-refractivity contribution < 1.29 is 32.6 Å². The van der Waals surface area contributed by atoms with E-state index in [-0.39, 0.29) is 12.6 Å². The van der Waals surface area contributed by atoms with Gasteiger partial charge < -0.3 is 25.0 Å². The minimum absolute atomic E-state index is 0.220. The standard InChI is InChI=1S/C31H41F3N6O4/c1-5-6-10-23(27(41)28(42)38-26-15-16-36-40(26)22-8-7-9-22)37-29(43)44-25(30(2,3)4)18-39-17-24(35-19-39)20-11-13-21(14-12-20)31(32,33)34/h11-17,19,22-23,25,27,41H,5-10,18H2,1-4H3,(H,37,43)(H,38,42)/t23-,25+,27+/m0/s1. The van der Waals surface area contributed by atoms with Crippen LogP contribution in [0, 0.1) is 5.41 Å². The molecule has 1 aliphatic carbocycles. The van der Waals surface area contributed by atoms with Crippen molar-refractivity contribution in [3.05, 3.63) is 54.6 Å². The highest BCUT2D eigenvalue weighted by Gasteiger charge is 2.33. The summed E-state index contributed by atoms with van der Waals surface area (Å²) in [6, 6.07) is 5.75. The molecule has 3 aromatic rings. The maximum Gasteiger partial charge on any atom is 0.416 e. The van der Waals surface area contributed by atoms with Gasteiger partial charge in [0.05, 0.1) is 42.4 Å². The van der Waals surface area contributed by atoms with Gasteiger partial charge in [0.2, 0.25) is 0 Å². The lowest BCUT2D eigenvalue weighted by atomic mass is 9.89. The fourth-order valence-corrected chi connectivity index (χ4v) is 4.88. The molecule has 3 N–H and O–H groups in total. The van der Waals surface area contributed by atoms with Crippen LogP contribution < -0.4 is 10.6 Å². The molecule has 0 aliphatic heterocycles. The average Bonchev–Trinajstić information content (AvgIpc) is 3.58. The number of aromatic nitrogens is 4. The number of nitrogens with one attached hydrogen (secondary N) is 2. The zero-order valence-electron chi connectivity index (χ0n) is 25.5. The molecule has 1 aliphatic rings. The minimum Gasteiger partial charge on any atom is -0.444 e. The quantitative estimate of drug-likeness (QED) is 0.223. The van der Waals surface area contributed by atoms with Gasteiger partial charge in [0.1, 0.15) is 11.9 Å². The number of benzene rings is 1. The van der Waals surface area contributed by atoms with Crippen molar-refractivity contribution in [3.8, 4) is 11.3 Å². The van der Waals surface area contributed by atoms with Crippen LogP contribution in [-0.2, 0) is 22.3 Å². The Labute approximate surface area is 255 Å². The summed E-state index contributed by atoms with van der Waals surface area (Å²) < 4.78 is 48.1. The highest BCUT2D eigenvalue weighted by atomic mass is 19.4. The largest absolute Gasteiger partial charge is 0.444 e. The number of anilines is 1. The van der Waals surface area contributed by atoms with Crippen LogP contribution in [0.2, 0.25) is 0 Å². The van der Waals surface area contributed by atoms with Crippen molar-refractivity contribution in [3.63, 3.8) is 0 Å². The van der Waals surface area contributed by atoms with Crippen molar-refractivity contribution in [2.75, 3.05) is 5.32 Å². The molecule has 1 fully saturated rings. The molecule has 3 atom stereocenters. The van der Waals surface area contributed by atoms with E-state index in [9.17, 15) is 27.9 Å². The molecule has 2 heterocycles. The first-order chi connectivity index (χ1) is 20.8. The fourth-order valence-electron chi connectivity index (χ4n) is 4.88. The lowest BCUT2D eigenvalue weighted by Crippen LogP contribution is -2.50. The van der Waals surface area contributed by atoms with E-state index < -0.39 is 47.4 Å². The predicted octanol–water partition coefficient (Wildman–Crippen LogP) is 6.19. The molecule has 10 nitrogen and oxygen atoms in total. The second-order valence-corrected chi connectivity index (χ2v) is 12.4. The molecule has 2 amide bonds. The number of unbranched alkanes of at least 4 members (excludes halogenated alkanes) is 1. The van der Waals surface area contributed by atoms with Crippen LogP contribution in [0.15, 0.2) is 49.1 Å². The highest BCUT2D eigenvalue weighted by Crippen LogP contribution is 2.33. The molecule has 240 valence electrons. The zero-order chi connectivity index (χ0) is 32.1. The smallest absolute Gasteiger partial charge is 0.416 e. The van der Waals surface area contributed by atoms with E-state index in [0.717, 1.165) is 37.8 Å². The van der Waals surface area contributed by atoms with Gasteiger partial charge in [-0.05, 0) is 37.8 Å². The lowest BCUT2D eigenvalue weighted by molar-refractivity contribution is -0.137. The first-order valence-electron chi connectivity index (χ1n) is 14.9. The number of rotatable bonds is 12. The lowest BCUT2D eigenvalue weighted by Gasteiger charge is -2.32. The number of hydrogen-bond donors (Lipinski definition) is 3. The van der Waals surface area contributed by atoms with Crippen LogP contribution in [0.3, 0.4) is 0 Å². The summed E-state index contributed by atoms with van der Waals surface area (Å²) in [4.78, 5) is 30.5. The Bertz CT molecular complexity index is 1390. The molecule has 2 aromatic heterocycles. The summed E-state index contributed by atoms with van der Waals surface area (Å²) in [6.45, 7) is 7.90. The molecule has 13 heteroatoms. The number of ether oxygens (including phenoxy) is 1. The third-order valence-electron chi connectivity index (χ3n) is 7.90. The van der Waals surface area contributed by atoms with Crippen molar-refractivity contribution in [1.82, 2.24) is 24.6 Å². The van der Waals surface area contributed by atoms with E-state index in [1.165, 1.54) is 18.5 Å². The number of aliphatic hydroxyl groups excluding tert-OH is 1. The topological polar surface area (TPSA) is 123 Å². The van der Waals surface area contributed by atoms with Gasteiger partial charge in [-0.15, -0.1) is 0 Å². The van der Waals surface area contributed by atoms with E-state index in [1.807, 2.05) is 27.7 Å². The van der Waals surface area contributed by atoms with Gasteiger partial charge in [0, 0.05) is 23.2 Å². The number of amides is 2. The average molecular weight is 619 g/mol. The highest BCUT2D eigenvalue weighted by molar-refractivity contribution is 5.94. The van der Waals surface area contributed by atoms with E-state index in [0.29, 0.717) is 29.9 Å². The summed E-state index contributed by atoms with van der Waals surface area (Å²) in [6.07, 6.45) is 2.31. The molecule has 0 unspecified atom stereocenters. The van der Waals surface area contributed by atoms with Crippen molar-refractivity contribution in [2.24, 2.45) is 5.41 Å². The number of halogens is 3. The van der Waals surface area contributed by atoms with E-state index in [2.05, 4.69) is 20.7 Å². The first-order valence-corrected chi connectivity index (χ1v) is 14.9. The monoisotopic (exact) mass is 618 g/mol. The second kappa shape index (κ2) is 13.8. The Morgan fingerprint density at radius 2 is 1.84 bits per heavy atom. The molecule has 0 saturated heterocycles. The molecule has 44 heavy (non-hydrogen) atoms. The van der Waals surface area contributed by atoms with Crippen molar-refractivity contribution >= 4 is 17.8 Å². The predicted molar refractivity (Wildman–Crippen MR) is 159 cm³/mol. The summed E-state index contributed by atoms with van der Waals surface area (Å²) >= 11 is 0. The van der Waals surface area contributed by atoms with Crippen LogP contribution in [0.25, 0.3) is 11.3 Å². The van der Waals surface area contributed by atoms with Crippen molar-refractivity contribution in [2.45, 2.75) is 103 Å². The van der Waals surface area contributed by atoms with E-state index in [1.54, 1.807) is 27.7 Å². The van der Waals surface area contributed by atoms with Crippen LogP contribution in [-0.4, -0.2) is 54.7 Å². The Morgan fingerprint density at radius 1 is 1.14 bits per heavy atom. The molecule has 1 saturated carbocycles. The van der Waals surface area contributed by atoms with Crippen LogP contribution in [0.4, 0.5) is 23.8 Å². The first kappa shape index (κ1) is 33.0. The Hall–Kier alpha value is -3.87. The summed E-state index contributed by atoms with van der Waals surface area (Å²) in [5, 5.41) is 20.7. The SMILES string of the molecule is CCCC[C@H](NC(=O)O[C@H](Cn1cnc(-c2ccc(C(F)(F)F)cc2)c1)C(C)(C)C)[C@@H](O)C(=O)Nc1ccnn1C1CCC1. The van der Waals surface area contributed by atoms with Gasteiger partial charge in [-0.3, -0.25) is 4.79 Å². The number of carbonyl (C=O) groups is 2. The number of nitrogens with zero attached hydrogens (tertiary/aromatic N) is 4. The maximum atomic E-state index is 13.1. The van der Waals surface area contributed by atoms with E-state index >= 15 is 0 Å². The number of imidazole rings is 1. The third-order valence-corrected chi connectivity index (χ3v) is 7.90. The van der Waals surface area contributed by atoms with Gasteiger partial charge in [-0.2, -0.15) is 18.3 Å². The van der Waals surface area contributed by atoms with Crippen molar-refractivity contribution in [1.29, 1.82) is 0 Å². The third kappa shape index (κ3) is 8.40. The molecule has 0 radical (unpaired) electrons. The van der Waals surface area contributed by atoms with E-state index in [4.69, 9.17) is 4.74 Å². The maximum absolute atomic E-state index is 13.1. The normalized spacial score (nSPS) is 16.1. The minimum atomic E-state index is -4.43. The summed E-state index contributed by atoms with van der Waals surface area (Å²) in [5.41, 5.74) is -0.258.